The molecule has 2 saturated heterocycles. The van der Waals surface area contributed by atoms with Crippen LogP contribution in [0.15, 0.2) is 66.7 Å². The molecule has 1 aromatic heterocycles. The van der Waals surface area contributed by atoms with Crippen LogP contribution in [0.2, 0.25) is 0 Å². The van der Waals surface area contributed by atoms with E-state index in [1.807, 2.05) is 29.2 Å². The number of hydrogen-bond acceptors (Lipinski definition) is 5. The third-order valence-corrected chi connectivity index (χ3v) is 9.16. The number of methoxy groups -OCH3 is 1. The highest BCUT2D eigenvalue weighted by molar-refractivity contribution is 5.98. The lowest BCUT2D eigenvalue weighted by atomic mass is 9.85. The Bertz CT molecular complexity index is 1660. The largest absolute Gasteiger partial charge is 0.504 e. The number of fused-ring (bicyclic) bond motifs is 4. The summed E-state index contributed by atoms with van der Waals surface area (Å²) in [4.78, 5) is 37.8. The van der Waals surface area contributed by atoms with Crippen molar-refractivity contribution in [3.8, 4) is 11.5 Å². The number of para-hydroxylation sites is 1. The van der Waals surface area contributed by atoms with E-state index >= 15 is 0 Å². The molecule has 2 N–H and O–H groups in total. The number of amides is 2. The van der Waals surface area contributed by atoms with Gasteiger partial charge in [0.1, 0.15) is 12.6 Å². The Labute approximate surface area is 239 Å². The van der Waals surface area contributed by atoms with Crippen molar-refractivity contribution in [1.29, 1.82) is 0 Å². The van der Waals surface area contributed by atoms with Crippen LogP contribution in [0.4, 0.5) is 0 Å². The fraction of sp³-hybridized carbons (Fsp3) is 0.333. The Morgan fingerprint density at radius 1 is 1.05 bits per heavy atom. The van der Waals surface area contributed by atoms with Gasteiger partial charge in [0, 0.05) is 48.7 Å². The number of likely N-dealkylation sites (tertiary alicyclic amines) is 1. The third kappa shape index (κ3) is 4.25. The number of aromatic amines is 1. The number of carbonyl (C=O) groups excluding carboxylic acids is 2. The maximum atomic E-state index is 14.3. The van der Waals surface area contributed by atoms with Gasteiger partial charge in [-0.2, -0.15) is 0 Å². The van der Waals surface area contributed by atoms with Crippen LogP contribution in [-0.2, 0) is 22.6 Å². The van der Waals surface area contributed by atoms with Crippen LogP contribution in [0.3, 0.4) is 0 Å². The molecule has 0 spiro atoms. The summed E-state index contributed by atoms with van der Waals surface area (Å²) < 4.78 is 5.41. The summed E-state index contributed by atoms with van der Waals surface area (Å²) in [5.74, 6) is 0.316. The Morgan fingerprint density at radius 3 is 2.68 bits per heavy atom. The maximum absolute atomic E-state index is 14.3. The summed E-state index contributed by atoms with van der Waals surface area (Å²) in [6.45, 7) is 4.70. The summed E-state index contributed by atoms with van der Waals surface area (Å²) in [6.07, 6.45) is 1.32. The van der Waals surface area contributed by atoms with E-state index in [1.54, 1.807) is 17.0 Å². The van der Waals surface area contributed by atoms with Crippen LogP contribution in [0, 0.1) is 6.92 Å². The zero-order valence-electron chi connectivity index (χ0n) is 23.3. The molecule has 2 amide bonds. The monoisotopic (exact) mass is 550 g/mol. The lowest BCUT2D eigenvalue weighted by Gasteiger charge is -2.48. The predicted molar refractivity (Wildman–Crippen MR) is 156 cm³/mol. The van der Waals surface area contributed by atoms with Crippen molar-refractivity contribution in [2.75, 3.05) is 26.7 Å². The first-order valence-corrected chi connectivity index (χ1v) is 14.3. The van der Waals surface area contributed by atoms with Crippen molar-refractivity contribution in [2.24, 2.45) is 0 Å². The Kier molecular flexibility index (Phi) is 6.23. The van der Waals surface area contributed by atoms with Gasteiger partial charge in [-0.05, 0) is 53.8 Å². The van der Waals surface area contributed by atoms with Crippen LogP contribution >= 0.6 is 0 Å². The molecule has 7 rings (SSSR count). The van der Waals surface area contributed by atoms with E-state index in [0.717, 1.165) is 53.8 Å². The molecule has 3 atom stereocenters. The average molecular weight is 551 g/mol. The second-order valence-electron chi connectivity index (χ2n) is 11.5. The summed E-state index contributed by atoms with van der Waals surface area (Å²) in [5.41, 5.74) is 6.31. The lowest BCUT2D eigenvalue weighted by Crippen LogP contribution is -2.65. The van der Waals surface area contributed by atoms with Crippen LogP contribution in [0.5, 0.6) is 11.5 Å². The SMILES string of the molecule is COc1cc([C@@H]2c3[nH]c4ccccc4c3C[C@@H]3C(=O)N([C@H]4CCN(Cc5ccccc5C)C4)CC(=O)N23)ccc1O. The van der Waals surface area contributed by atoms with Gasteiger partial charge in [0.25, 0.3) is 0 Å². The van der Waals surface area contributed by atoms with Crippen molar-refractivity contribution in [3.63, 3.8) is 0 Å². The number of aryl methyl sites for hydroxylation is 1. The molecule has 210 valence electrons. The van der Waals surface area contributed by atoms with Gasteiger partial charge in [0.15, 0.2) is 11.5 Å². The smallest absolute Gasteiger partial charge is 0.246 e. The number of phenolic OH excluding ortho intramolecular Hbond substituents is 1. The minimum atomic E-state index is -0.599. The number of carbonyl (C=O) groups is 2. The molecule has 8 heteroatoms. The standard InChI is InChI=1S/C33H34N4O4/c1-20-7-3-4-8-22(20)17-35-14-13-23(18-35)36-19-30(39)37-27(33(36)40)16-25-24-9-5-6-10-26(24)34-31(25)32(37)21-11-12-28(38)29(15-21)41-2/h3-12,15,23,27,32,34,38H,13-14,16-19H2,1-2H3/t23-,27+,32+/m0/s1. The Morgan fingerprint density at radius 2 is 1.85 bits per heavy atom. The number of piperazine rings is 1. The topological polar surface area (TPSA) is 89.1 Å². The highest BCUT2D eigenvalue weighted by Gasteiger charge is 2.50. The zero-order chi connectivity index (χ0) is 28.2. The predicted octanol–water partition coefficient (Wildman–Crippen LogP) is 4.15. The number of nitrogens with zero attached hydrogens (tertiary/aromatic N) is 3. The first kappa shape index (κ1) is 25.7. The minimum Gasteiger partial charge on any atom is -0.504 e. The average Bonchev–Trinajstić information content (AvgIpc) is 3.60. The molecule has 3 aliphatic rings. The second-order valence-corrected chi connectivity index (χ2v) is 11.5. The second kappa shape index (κ2) is 9.96. The number of ether oxygens (including phenoxy) is 1. The van der Waals surface area contributed by atoms with Crippen molar-refractivity contribution < 1.29 is 19.4 Å². The first-order chi connectivity index (χ1) is 19.9. The number of phenols is 1. The van der Waals surface area contributed by atoms with Gasteiger partial charge in [0.2, 0.25) is 11.8 Å². The number of hydrogen-bond donors (Lipinski definition) is 2. The van der Waals surface area contributed by atoms with E-state index < -0.39 is 12.1 Å². The van der Waals surface area contributed by atoms with Gasteiger partial charge < -0.3 is 24.6 Å². The molecule has 0 aliphatic carbocycles. The zero-order valence-corrected chi connectivity index (χ0v) is 23.3. The summed E-state index contributed by atoms with van der Waals surface area (Å²) >= 11 is 0. The van der Waals surface area contributed by atoms with Crippen LogP contribution in [0.1, 0.15) is 40.4 Å². The molecule has 4 aromatic rings. The fourth-order valence-electron chi connectivity index (χ4n) is 7.04. The minimum absolute atomic E-state index is 0.00852. The highest BCUT2D eigenvalue weighted by Crippen LogP contribution is 2.44. The molecule has 0 saturated carbocycles. The Balaban J connectivity index is 1.23. The lowest BCUT2D eigenvalue weighted by molar-refractivity contribution is -0.160. The maximum Gasteiger partial charge on any atom is 0.246 e. The van der Waals surface area contributed by atoms with E-state index in [-0.39, 0.29) is 30.2 Å². The van der Waals surface area contributed by atoms with Gasteiger partial charge in [-0.25, -0.2) is 0 Å². The van der Waals surface area contributed by atoms with Crippen LogP contribution < -0.4 is 4.74 Å². The fourth-order valence-corrected chi connectivity index (χ4v) is 7.04. The number of H-pyrrole nitrogens is 1. The number of rotatable bonds is 5. The van der Waals surface area contributed by atoms with E-state index in [2.05, 4.69) is 47.1 Å². The Hall–Kier alpha value is -4.30. The summed E-state index contributed by atoms with van der Waals surface area (Å²) in [5, 5.41) is 11.3. The molecule has 8 nitrogen and oxygen atoms in total. The van der Waals surface area contributed by atoms with Crippen molar-refractivity contribution in [1.82, 2.24) is 19.7 Å². The number of aromatic hydroxyl groups is 1. The van der Waals surface area contributed by atoms with Gasteiger partial charge in [-0.1, -0.05) is 48.5 Å². The quantitative estimate of drug-likeness (QED) is 0.390. The van der Waals surface area contributed by atoms with Gasteiger partial charge in [-0.15, -0.1) is 0 Å². The summed E-state index contributed by atoms with van der Waals surface area (Å²) in [7, 11) is 1.51. The molecular weight excluding hydrogens is 516 g/mol. The van der Waals surface area contributed by atoms with Gasteiger partial charge >= 0.3 is 0 Å². The van der Waals surface area contributed by atoms with Crippen molar-refractivity contribution >= 4 is 22.7 Å². The van der Waals surface area contributed by atoms with E-state index in [9.17, 15) is 14.7 Å². The molecule has 41 heavy (non-hydrogen) atoms. The third-order valence-electron chi connectivity index (χ3n) is 9.16. The normalized spacial score (nSPS) is 22.7. The van der Waals surface area contributed by atoms with Gasteiger partial charge in [0.05, 0.1) is 13.2 Å². The van der Waals surface area contributed by atoms with Crippen LogP contribution in [0.25, 0.3) is 10.9 Å². The molecule has 3 aromatic carbocycles. The van der Waals surface area contributed by atoms with E-state index in [0.29, 0.717) is 12.2 Å². The first-order valence-electron chi connectivity index (χ1n) is 14.3. The molecule has 0 radical (unpaired) electrons. The molecular formula is C33H34N4O4. The molecule has 4 heterocycles. The van der Waals surface area contributed by atoms with E-state index in [4.69, 9.17) is 4.74 Å². The molecule has 0 bridgehead atoms. The number of benzene rings is 3. The van der Waals surface area contributed by atoms with Gasteiger partial charge in [-0.3, -0.25) is 14.5 Å². The highest BCUT2D eigenvalue weighted by atomic mass is 16.5. The number of aromatic nitrogens is 1. The van der Waals surface area contributed by atoms with Crippen molar-refractivity contribution in [2.45, 2.75) is 44.4 Å². The van der Waals surface area contributed by atoms with Crippen LogP contribution in [-0.4, -0.2) is 75.4 Å². The van der Waals surface area contributed by atoms with Crippen molar-refractivity contribution in [3.05, 3.63) is 94.7 Å². The molecule has 0 unspecified atom stereocenters. The summed E-state index contributed by atoms with van der Waals surface area (Å²) in [6, 6.07) is 20.6. The number of nitrogens with one attached hydrogen (secondary N) is 1. The molecule has 3 aliphatic heterocycles. The molecule has 2 fully saturated rings. The van der Waals surface area contributed by atoms with E-state index in [1.165, 1.54) is 18.2 Å².